The summed E-state index contributed by atoms with van der Waals surface area (Å²) < 4.78 is 10.5. The molecule has 18 heteroatoms. The van der Waals surface area contributed by atoms with Gasteiger partial charge in [-0.25, -0.2) is 9.59 Å². The Labute approximate surface area is 329 Å². The lowest BCUT2D eigenvalue weighted by atomic mass is 10.1. The number of alkyl carbamates (subject to hydrolysis) is 2. The molecule has 1 saturated heterocycles. The molecule has 0 aliphatic carbocycles. The number of ether oxygens (including phenoxy) is 2. The number of rotatable bonds is 6. The van der Waals surface area contributed by atoms with Gasteiger partial charge >= 0.3 is 12.2 Å². The Morgan fingerprint density at radius 1 is 0.625 bits per heavy atom. The van der Waals surface area contributed by atoms with E-state index in [1.807, 2.05) is 0 Å². The smallest absolute Gasteiger partial charge is 0.408 e. The molecule has 0 aromatic heterocycles. The van der Waals surface area contributed by atoms with E-state index in [1.54, 1.807) is 65.8 Å². The highest BCUT2D eigenvalue weighted by atomic mass is 16.6. The Morgan fingerprint density at radius 3 is 1.27 bits per heavy atom. The monoisotopic (exact) mass is 790 g/mol. The van der Waals surface area contributed by atoms with E-state index in [-0.39, 0.29) is 39.3 Å². The number of aliphatic hydroxyl groups excluding tert-OH is 2. The zero-order valence-corrected chi connectivity index (χ0v) is 33.7. The molecule has 314 valence electrons. The topological polar surface area (TPSA) is 222 Å². The molecule has 18 nitrogen and oxygen atoms in total. The molecule has 5 aliphatic rings. The summed E-state index contributed by atoms with van der Waals surface area (Å²) >= 11 is 0. The molecule has 0 spiro atoms. The van der Waals surface area contributed by atoms with Crippen LogP contribution in [0.3, 0.4) is 0 Å². The minimum Gasteiger partial charge on any atom is -0.444 e. The van der Waals surface area contributed by atoms with E-state index in [0.29, 0.717) is 25.9 Å². The number of benzene rings is 1. The van der Waals surface area contributed by atoms with E-state index < -0.39 is 72.3 Å². The summed E-state index contributed by atoms with van der Waals surface area (Å²) in [6.07, 6.45) is -0.642. The number of hydrogen-bond donors (Lipinski definition) is 6. The lowest BCUT2D eigenvalue weighted by Crippen LogP contribution is -2.54. The van der Waals surface area contributed by atoms with Crippen molar-refractivity contribution in [2.24, 2.45) is 0 Å². The highest BCUT2D eigenvalue weighted by Crippen LogP contribution is 2.11. The van der Waals surface area contributed by atoms with Crippen molar-refractivity contribution < 1.29 is 48.5 Å². The van der Waals surface area contributed by atoms with Gasteiger partial charge < -0.3 is 60.6 Å². The summed E-state index contributed by atoms with van der Waals surface area (Å²) in [7, 11) is 0. The zero-order chi connectivity index (χ0) is 41.5. The summed E-state index contributed by atoms with van der Waals surface area (Å²) in [5.41, 5.74) is -0.0959. The minimum absolute atomic E-state index is 0.164. The Morgan fingerprint density at radius 2 is 0.964 bits per heavy atom. The van der Waals surface area contributed by atoms with E-state index in [0.717, 1.165) is 37.3 Å². The molecular weight excluding hydrogens is 728 g/mol. The standard InChI is InChI=1S/C38H62N8O10/c1-37(2,3)55-35(53)41-29(25-47)33(51)45-15-7-13-43-17-19-44(20-18-43)14-8-16-46(34(52)30(26-48)42-36(54)56-38(4,5)6)24-32(50)40-22-28-11-9-27(10-12-28)21-39-31(49)23-45/h9-12,29-30,47-48H,7-8,13-26H2,1-6H3,(H,39,49)(H,40,50)(H,41,53)(H,42,54)/t29-,30-/m0/s1. The third-order valence-electron chi connectivity index (χ3n) is 8.91. The van der Waals surface area contributed by atoms with Crippen molar-refractivity contribution in [3.63, 3.8) is 0 Å². The second-order valence-corrected chi connectivity index (χ2v) is 16.0. The van der Waals surface area contributed by atoms with Gasteiger partial charge in [0.15, 0.2) is 0 Å². The molecule has 0 saturated carbocycles. The fourth-order valence-electron chi connectivity index (χ4n) is 6.09. The molecule has 5 heterocycles. The quantitative estimate of drug-likeness (QED) is 0.220. The number of carbonyl (C=O) groups excluding carboxylic acids is 6. The van der Waals surface area contributed by atoms with Crippen LogP contribution >= 0.6 is 0 Å². The lowest BCUT2D eigenvalue weighted by molar-refractivity contribution is -0.138. The number of aliphatic hydroxyl groups is 2. The summed E-state index contributed by atoms with van der Waals surface area (Å²) in [6, 6.07) is 4.56. The van der Waals surface area contributed by atoms with E-state index in [9.17, 15) is 39.0 Å². The number of nitrogens with one attached hydrogen (secondary N) is 4. The van der Waals surface area contributed by atoms with Crippen molar-refractivity contribution in [3.05, 3.63) is 35.4 Å². The molecular formula is C38H62N8O10. The first-order valence-electron chi connectivity index (χ1n) is 19.2. The number of carbonyl (C=O) groups is 6. The SMILES string of the molecule is CC(C)(C)OC(=O)N[C@@H](CO)C(=O)N1CCCN2CCN(CCCN(C(=O)[C@H](CO)NC(=O)OC(C)(C)C)CC(=O)NCc3ccc(cc3)CNC(=O)C1)CC2. The molecule has 4 bridgehead atoms. The van der Waals surface area contributed by atoms with Crippen molar-refractivity contribution >= 4 is 35.8 Å². The molecule has 2 atom stereocenters. The van der Waals surface area contributed by atoms with Gasteiger partial charge in [-0.1, -0.05) is 24.3 Å². The first-order chi connectivity index (χ1) is 26.3. The molecule has 1 aromatic carbocycles. The number of piperazine rings is 1. The molecule has 6 amide bonds. The summed E-state index contributed by atoms with van der Waals surface area (Å²) in [4.78, 5) is 85.5. The molecule has 6 rings (SSSR count). The first-order valence-corrected chi connectivity index (χ1v) is 19.2. The van der Waals surface area contributed by atoms with Crippen LogP contribution < -0.4 is 21.3 Å². The van der Waals surface area contributed by atoms with Crippen LogP contribution in [0, 0.1) is 0 Å². The van der Waals surface area contributed by atoms with Crippen molar-refractivity contribution in [2.75, 3.05) is 78.7 Å². The van der Waals surface area contributed by atoms with Crippen LogP contribution in [-0.4, -0.2) is 168 Å². The van der Waals surface area contributed by atoms with Crippen molar-refractivity contribution in [3.8, 4) is 0 Å². The maximum absolute atomic E-state index is 13.6. The van der Waals surface area contributed by atoms with Gasteiger partial charge in [-0.2, -0.15) is 0 Å². The van der Waals surface area contributed by atoms with Crippen LogP contribution in [0.15, 0.2) is 24.3 Å². The minimum atomic E-state index is -1.30. The van der Waals surface area contributed by atoms with Crippen LogP contribution in [0.2, 0.25) is 0 Å². The average Bonchev–Trinajstić information content (AvgIpc) is 3.12. The fraction of sp³-hybridized carbons (Fsp3) is 0.684. The van der Waals surface area contributed by atoms with E-state index in [2.05, 4.69) is 31.1 Å². The van der Waals surface area contributed by atoms with Gasteiger partial charge in [-0.3, -0.25) is 19.2 Å². The molecule has 5 aliphatic heterocycles. The predicted octanol–water partition coefficient (Wildman–Crippen LogP) is -0.241. The summed E-state index contributed by atoms with van der Waals surface area (Å²) in [5.74, 6) is -2.06. The van der Waals surface area contributed by atoms with Crippen LogP contribution in [0.5, 0.6) is 0 Å². The van der Waals surface area contributed by atoms with Crippen LogP contribution in [0.4, 0.5) is 9.59 Å². The number of nitrogens with zero attached hydrogens (tertiary/aromatic N) is 4. The zero-order valence-electron chi connectivity index (χ0n) is 33.7. The lowest BCUT2D eigenvalue weighted by Gasteiger charge is -2.35. The molecule has 0 radical (unpaired) electrons. The van der Waals surface area contributed by atoms with Gasteiger partial charge in [0, 0.05) is 52.4 Å². The second-order valence-electron chi connectivity index (χ2n) is 16.0. The second kappa shape index (κ2) is 21.7. The van der Waals surface area contributed by atoms with Gasteiger partial charge in [-0.05, 0) is 78.6 Å². The van der Waals surface area contributed by atoms with Crippen LogP contribution in [0.1, 0.15) is 65.5 Å². The van der Waals surface area contributed by atoms with E-state index in [4.69, 9.17) is 9.47 Å². The number of amides is 6. The molecule has 1 aromatic rings. The van der Waals surface area contributed by atoms with Gasteiger partial charge in [-0.15, -0.1) is 0 Å². The van der Waals surface area contributed by atoms with Crippen molar-refractivity contribution in [1.29, 1.82) is 0 Å². The maximum Gasteiger partial charge on any atom is 0.408 e. The normalized spacial score (nSPS) is 20.8. The molecule has 6 N–H and O–H groups in total. The van der Waals surface area contributed by atoms with Gasteiger partial charge in [0.25, 0.3) is 0 Å². The van der Waals surface area contributed by atoms with Gasteiger partial charge in [0.1, 0.15) is 23.3 Å². The van der Waals surface area contributed by atoms with Crippen LogP contribution in [-0.2, 0) is 41.7 Å². The van der Waals surface area contributed by atoms with Crippen LogP contribution in [0.25, 0.3) is 0 Å². The van der Waals surface area contributed by atoms with Crippen molar-refractivity contribution in [1.82, 2.24) is 40.9 Å². The Kier molecular flexibility index (Phi) is 17.8. The molecule has 1 fully saturated rings. The van der Waals surface area contributed by atoms with Crippen molar-refractivity contribution in [2.45, 2.75) is 90.8 Å². The van der Waals surface area contributed by atoms with E-state index >= 15 is 0 Å². The summed E-state index contributed by atoms with van der Waals surface area (Å²) in [6.45, 7) is 13.2. The van der Waals surface area contributed by atoms with Gasteiger partial charge in [0.05, 0.1) is 26.3 Å². The largest absolute Gasteiger partial charge is 0.444 e. The summed E-state index contributed by atoms with van der Waals surface area (Å²) in [5, 5.41) is 30.6. The predicted molar refractivity (Wildman–Crippen MR) is 206 cm³/mol. The number of hydrogen-bond acceptors (Lipinski definition) is 12. The fourth-order valence-corrected chi connectivity index (χ4v) is 6.09. The highest BCUT2D eigenvalue weighted by molar-refractivity contribution is 5.90. The molecule has 56 heavy (non-hydrogen) atoms. The highest BCUT2D eigenvalue weighted by Gasteiger charge is 2.31. The Hall–Kier alpha value is -4.52. The maximum atomic E-state index is 13.6. The average molecular weight is 791 g/mol. The first kappa shape index (κ1) is 45.9. The molecule has 0 unspecified atom stereocenters. The van der Waals surface area contributed by atoms with E-state index in [1.165, 1.54) is 9.80 Å². The Balaban J connectivity index is 1.74. The van der Waals surface area contributed by atoms with Gasteiger partial charge in [0.2, 0.25) is 23.6 Å². The Bertz CT molecular complexity index is 1360. The third-order valence-corrected chi connectivity index (χ3v) is 8.91. The third kappa shape index (κ3) is 16.7.